The van der Waals surface area contributed by atoms with Gasteiger partial charge in [0.15, 0.2) is 0 Å². The van der Waals surface area contributed by atoms with Gasteiger partial charge in [-0.05, 0) is 25.0 Å². The molecule has 0 bridgehead atoms. The van der Waals surface area contributed by atoms with Crippen LogP contribution < -0.4 is 4.74 Å². The molecule has 1 aromatic rings. The largest absolute Gasteiger partial charge is 0.490 e. The lowest BCUT2D eigenvalue weighted by atomic mass is 9.73. The van der Waals surface area contributed by atoms with E-state index in [1.807, 2.05) is 12.1 Å². The number of benzene rings is 1. The van der Waals surface area contributed by atoms with E-state index in [9.17, 15) is 9.59 Å². The predicted molar refractivity (Wildman–Crippen MR) is 78.4 cm³/mol. The average Bonchev–Trinajstić information content (AvgIpc) is 2.38. The van der Waals surface area contributed by atoms with E-state index in [4.69, 9.17) is 21.4 Å². The summed E-state index contributed by atoms with van der Waals surface area (Å²) in [6.45, 7) is 0.712. The molecule has 21 heavy (non-hydrogen) atoms. The SMILES string of the molecule is CN(CCOc1ccccc1Cl)C(=O)C1CCC1C(=O)O. The maximum absolute atomic E-state index is 12.1. The molecule has 1 aromatic carbocycles. The molecule has 2 rings (SSSR count). The molecule has 2 unspecified atom stereocenters. The monoisotopic (exact) mass is 311 g/mol. The lowest BCUT2D eigenvalue weighted by Crippen LogP contribution is -2.45. The molecule has 2 atom stereocenters. The second-order valence-electron chi connectivity index (χ2n) is 5.17. The van der Waals surface area contributed by atoms with E-state index in [0.717, 1.165) is 0 Å². The van der Waals surface area contributed by atoms with Gasteiger partial charge < -0.3 is 14.7 Å². The lowest BCUT2D eigenvalue weighted by Gasteiger charge is -2.34. The molecule has 1 saturated carbocycles. The Morgan fingerprint density at radius 3 is 2.57 bits per heavy atom. The number of carboxylic acids is 1. The molecule has 0 radical (unpaired) electrons. The Morgan fingerprint density at radius 2 is 2.00 bits per heavy atom. The van der Waals surface area contributed by atoms with Crippen LogP contribution in [0.1, 0.15) is 12.8 Å². The number of carboxylic acid groups (broad SMARTS) is 1. The number of hydrogen-bond donors (Lipinski definition) is 1. The van der Waals surface area contributed by atoms with Gasteiger partial charge in [-0.25, -0.2) is 0 Å². The Labute approximate surface area is 128 Å². The molecule has 1 aliphatic carbocycles. The normalized spacial score (nSPS) is 20.5. The predicted octanol–water partition coefficient (Wildman–Crippen LogP) is 2.29. The van der Waals surface area contributed by atoms with E-state index in [-0.39, 0.29) is 5.91 Å². The number of nitrogens with zero attached hydrogens (tertiary/aromatic N) is 1. The van der Waals surface area contributed by atoms with Crippen molar-refractivity contribution in [3.63, 3.8) is 0 Å². The van der Waals surface area contributed by atoms with Gasteiger partial charge in [0.05, 0.1) is 23.4 Å². The summed E-state index contributed by atoms with van der Waals surface area (Å²) in [6.07, 6.45) is 1.22. The smallest absolute Gasteiger partial charge is 0.307 e. The number of ether oxygens (including phenoxy) is 1. The zero-order chi connectivity index (χ0) is 15.4. The fraction of sp³-hybridized carbons (Fsp3) is 0.467. The molecule has 1 N–H and O–H groups in total. The molecule has 1 fully saturated rings. The number of para-hydroxylation sites is 1. The minimum absolute atomic E-state index is 0.128. The Morgan fingerprint density at radius 1 is 1.33 bits per heavy atom. The molecule has 114 valence electrons. The Balaban J connectivity index is 1.79. The van der Waals surface area contributed by atoms with Crippen molar-refractivity contribution in [2.45, 2.75) is 12.8 Å². The molecular weight excluding hydrogens is 294 g/mol. The summed E-state index contributed by atoms with van der Waals surface area (Å²) in [7, 11) is 1.66. The fourth-order valence-electron chi connectivity index (χ4n) is 2.34. The molecule has 6 heteroatoms. The highest BCUT2D eigenvalue weighted by molar-refractivity contribution is 6.32. The fourth-order valence-corrected chi connectivity index (χ4v) is 2.53. The number of likely N-dealkylation sites (N-methyl/N-ethyl adjacent to an activating group) is 1. The molecule has 0 aliphatic heterocycles. The first-order chi connectivity index (χ1) is 10.0. The van der Waals surface area contributed by atoms with Crippen LogP contribution in [0.25, 0.3) is 0 Å². The van der Waals surface area contributed by atoms with Crippen LogP contribution in [0.3, 0.4) is 0 Å². The van der Waals surface area contributed by atoms with Crippen LogP contribution in [0.2, 0.25) is 5.02 Å². The Bertz CT molecular complexity index is 534. The van der Waals surface area contributed by atoms with Crippen LogP contribution >= 0.6 is 11.6 Å². The molecule has 0 saturated heterocycles. The molecule has 0 heterocycles. The zero-order valence-electron chi connectivity index (χ0n) is 11.8. The van der Waals surface area contributed by atoms with Gasteiger partial charge in [-0.1, -0.05) is 23.7 Å². The second kappa shape index (κ2) is 6.80. The number of aliphatic carboxylic acids is 1. The van der Waals surface area contributed by atoms with Gasteiger partial charge in [-0.15, -0.1) is 0 Å². The van der Waals surface area contributed by atoms with Crippen LogP contribution in [0, 0.1) is 11.8 Å². The van der Waals surface area contributed by atoms with Crippen molar-refractivity contribution < 1.29 is 19.4 Å². The van der Waals surface area contributed by atoms with Crippen LogP contribution in [0.5, 0.6) is 5.75 Å². The summed E-state index contributed by atoms with van der Waals surface area (Å²) < 4.78 is 5.52. The summed E-state index contributed by atoms with van der Waals surface area (Å²) in [5, 5.41) is 9.50. The van der Waals surface area contributed by atoms with Gasteiger partial charge in [0, 0.05) is 7.05 Å². The van der Waals surface area contributed by atoms with E-state index in [0.29, 0.717) is 36.8 Å². The van der Waals surface area contributed by atoms with Crippen LogP contribution in [0.15, 0.2) is 24.3 Å². The number of rotatable bonds is 6. The summed E-state index contributed by atoms with van der Waals surface area (Å²) >= 11 is 5.97. The van der Waals surface area contributed by atoms with E-state index in [2.05, 4.69) is 0 Å². The van der Waals surface area contributed by atoms with Crippen LogP contribution in [-0.4, -0.2) is 42.1 Å². The minimum atomic E-state index is -0.889. The summed E-state index contributed by atoms with van der Waals surface area (Å²) in [6, 6.07) is 7.13. The molecule has 5 nitrogen and oxygen atoms in total. The van der Waals surface area contributed by atoms with Crippen molar-refractivity contribution in [1.29, 1.82) is 0 Å². The van der Waals surface area contributed by atoms with Crippen LogP contribution in [0.4, 0.5) is 0 Å². The van der Waals surface area contributed by atoms with Gasteiger partial charge in [-0.3, -0.25) is 9.59 Å². The van der Waals surface area contributed by atoms with Gasteiger partial charge in [0.1, 0.15) is 12.4 Å². The summed E-state index contributed by atoms with van der Waals surface area (Å²) in [5.41, 5.74) is 0. The average molecular weight is 312 g/mol. The maximum atomic E-state index is 12.1. The van der Waals surface area contributed by atoms with E-state index >= 15 is 0 Å². The summed E-state index contributed by atoms with van der Waals surface area (Å²) in [5.74, 6) is -1.37. The number of halogens is 1. The van der Waals surface area contributed by atoms with Gasteiger partial charge in [0.25, 0.3) is 0 Å². The third-order valence-electron chi connectivity index (χ3n) is 3.81. The maximum Gasteiger partial charge on any atom is 0.307 e. The van der Waals surface area contributed by atoms with Crippen LogP contribution in [-0.2, 0) is 9.59 Å². The summed E-state index contributed by atoms with van der Waals surface area (Å²) in [4.78, 5) is 24.6. The number of carbonyl (C=O) groups is 2. The van der Waals surface area contributed by atoms with E-state index in [1.54, 1.807) is 19.2 Å². The van der Waals surface area contributed by atoms with E-state index in [1.165, 1.54) is 4.90 Å². The highest BCUT2D eigenvalue weighted by atomic mass is 35.5. The first kappa shape index (κ1) is 15.6. The third kappa shape index (κ3) is 3.67. The Hall–Kier alpha value is -1.75. The van der Waals surface area contributed by atoms with Gasteiger partial charge >= 0.3 is 5.97 Å². The lowest BCUT2D eigenvalue weighted by molar-refractivity contribution is -0.156. The van der Waals surface area contributed by atoms with Crippen molar-refractivity contribution in [1.82, 2.24) is 4.90 Å². The zero-order valence-corrected chi connectivity index (χ0v) is 12.5. The van der Waals surface area contributed by atoms with Crippen molar-refractivity contribution in [2.24, 2.45) is 11.8 Å². The van der Waals surface area contributed by atoms with Crippen molar-refractivity contribution in [3.8, 4) is 5.75 Å². The number of amides is 1. The number of carbonyl (C=O) groups excluding carboxylic acids is 1. The molecule has 1 aliphatic rings. The quantitative estimate of drug-likeness (QED) is 0.875. The van der Waals surface area contributed by atoms with Crippen molar-refractivity contribution in [2.75, 3.05) is 20.2 Å². The highest BCUT2D eigenvalue weighted by Crippen LogP contribution is 2.35. The van der Waals surface area contributed by atoms with Crippen molar-refractivity contribution in [3.05, 3.63) is 29.3 Å². The van der Waals surface area contributed by atoms with Gasteiger partial charge in [0.2, 0.25) is 5.91 Å². The first-order valence-corrected chi connectivity index (χ1v) is 7.23. The third-order valence-corrected chi connectivity index (χ3v) is 4.12. The van der Waals surface area contributed by atoms with E-state index < -0.39 is 17.8 Å². The molecule has 1 amide bonds. The molecule has 0 spiro atoms. The molecule has 0 aromatic heterocycles. The standard InChI is InChI=1S/C15H18ClNO4/c1-17(14(18)10-6-7-11(10)15(19)20)8-9-21-13-5-3-2-4-12(13)16/h2-5,10-11H,6-9H2,1H3,(H,19,20). The number of hydrogen-bond acceptors (Lipinski definition) is 3. The molecular formula is C15H18ClNO4. The topological polar surface area (TPSA) is 66.8 Å². The highest BCUT2D eigenvalue weighted by Gasteiger charge is 2.42. The Kier molecular flexibility index (Phi) is 5.07. The minimum Gasteiger partial charge on any atom is -0.490 e. The van der Waals surface area contributed by atoms with Gasteiger partial charge in [-0.2, -0.15) is 0 Å². The first-order valence-electron chi connectivity index (χ1n) is 6.86. The second-order valence-corrected chi connectivity index (χ2v) is 5.57. The van der Waals surface area contributed by atoms with Crippen molar-refractivity contribution >= 4 is 23.5 Å².